The lowest BCUT2D eigenvalue weighted by Gasteiger charge is -2.33. The number of carbonyl (C=O) groups excluding carboxylic acids is 3. The van der Waals surface area contributed by atoms with E-state index in [0.29, 0.717) is 23.7 Å². The Morgan fingerprint density at radius 2 is 1.82 bits per heavy atom. The number of piperazine rings is 1. The largest absolute Gasteiger partial charge is 0.340 e. The summed E-state index contributed by atoms with van der Waals surface area (Å²) in [6, 6.07) is 3.07. The Morgan fingerprint density at radius 3 is 2.36 bits per heavy atom. The molecular weight excluding hydrogens is 404 g/mol. The van der Waals surface area contributed by atoms with Crippen LogP contribution in [0.1, 0.15) is 17.7 Å². The van der Waals surface area contributed by atoms with Gasteiger partial charge in [0.25, 0.3) is 10.0 Å². The summed E-state index contributed by atoms with van der Waals surface area (Å²) >= 11 is 1.25. The fourth-order valence-corrected chi connectivity index (χ4v) is 6.15. The normalized spacial score (nSPS) is 19.0. The number of imide groups is 1. The molecule has 4 amide bonds. The van der Waals surface area contributed by atoms with Crippen LogP contribution in [-0.4, -0.2) is 91.6 Å². The number of nitrogens with zero attached hydrogens (tertiary/aromatic N) is 4. The average molecular weight is 429 g/mol. The lowest BCUT2D eigenvalue weighted by Crippen LogP contribution is -2.50. The Hall–Kier alpha value is -1.98. The molecule has 0 saturated carbocycles. The van der Waals surface area contributed by atoms with E-state index >= 15 is 0 Å². The molecule has 0 radical (unpaired) electrons. The van der Waals surface area contributed by atoms with Crippen LogP contribution in [0.3, 0.4) is 0 Å². The van der Waals surface area contributed by atoms with Gasteiger partial charge in [-0.1, -0.05) is 0 Å². The highest BCUT2D eigenvalue weighted by molar-refractivity contribution is 7.91. The van der Waals surface area contributed by atoms with Crippen LogP contribution in [0.4, 0.5) is 4.79 Å². The van der Waals surface area contributed by atoms with E-state index in [-0.39, 0.29) is 50.4 Å². The monoisotopic (exact) mass is 428 g/mol. The fourth-order valence-electron chi connectivity index (χ4n) is 3.29. The van der Waals surface area contributed by atoms with Crippen LogP contribution in [0.15, 0.2) is 16.3 Å². The molecule has 0 aromatic carbocycles. The second-order valence-electron chi connectivity index (χ2n) is 6.94. The molecule has 2 saturated heterocycles. The summed E-state index contributed by atoms with van der Waals surface area (Å²) in [5, 5.41) is 0. The summed E-state index contributed by atoms with van der Waals surface area (Å²) < 4.78 is 27.0. The molecule has 2 aliphatic heterocycles. The number of sulfonamides is 1. The molecule has 0 spiro atoms. The number of amides is 4. The molecule has 0 N–H and O–H groups in total. The maximum absolute atomic E-state index is 12.6. The highest BCUT2D eigenvalue weighted by atomic mass is 32.2. The number of carbonyl (C=O) groups is 3. The quantitative estimate of drug-likeness (QED) is 0.617. The summed E-state index contributed by atoms with van der Waals surface area (Å²) in [5.41, 5.74) is 0. The van der Waals surface area contributed by atoms with Crippen LogP contribution in [-0.2, 0) is 19.6 Å². The minimum Gasteiger partial charge on any atom is -0.340 e. The molecule has 2 fully saturated rings. The van der Waals surface area contributed by atoms with Crippen molar-refractivity contribution in [2.75, 3.05) is 46.3 Å². The molecule has 0 aliphatic carbocycles. The van der Waals surface area contributed by atoms with Crippen LogP contribution in [0.25, 0.3) is 0 Å². The molecule has 0 atom stereocenters. The third kappa shape index (κ3) is 4.20. The van der Waals surface area contributed by atoms with Gasteiger partial charge in [0.1, 0.15) is 10.8 Å². The second kappa shape index (κ2) is 8.18. The molecule has 9 nitrogen and oxygen atoms in total. The van der Waals surface area contributed by atoms with Crippen molar-refractivity contribution in [3.8, 4) is 0 Å². The molecule has 3 heterocycles. The average Bonchev–Trinajstić information content (AvgIpc) is 3.20. The van der Waals surface area contributed by atoms with Gasteiger partial charge in [-0.05, 0) is 25.5 Å². The first-order valence-electron chi connectivity index (χ1n) is 9.10. The van der Waals surface area contributed by atoms with Crippen molar-refractivity contribution in [1.29, 1.82) is 0 Å². The first-order chi connectivity index (χ1) is 13.2. The van der Waals surface area contributed by atoms with Crippen molar-refractivity contribution in [2.45, 2.75) is 24.0 Å². The molecule has 1 aromatic heterocycles. The van der Waals surface area contributed by atoms with Gasteiger partial charge in [0.05, 0.1) is 0 Å². The SMILES string of the molecule is Cc1ccc(S(=O)(=O)N2CCN(C(=O)CCCN3C(=O)CN(C)C3=O)CC2)s1. The van der Waals surface area contributed by atoms with Gasteiger partial charge >= 0.3 is 6.03 Å². The van der Waals surface area contributed by atoms with Crippen LogP contribution in [0, 0.1) is 6.92 Å². The molecule has 0 bridgehead atoms. The van der Waals surface area contributed by atoms with Gasteiger partial charge in [-0.15, -0.1) is 11.3 Å². The highest BCUT2D eigenvalue weighted by Crippen LogP contribution is 2.25. The topological polar surface area (TPSA) is 98.3 Å². The Balaban J connectivity index is 1.46. The highest BCUT2D eigenvalue weighted by Gasteiger charge is 2.34. The molecular formula is C17H24N4O5S2. The van der Waals surface area contributed by atoms with Crippen molar-refractivity contribution in [3.05, 3.63) is 17.0 Å². The molecule has 154 valence electrons. The van der Waals surface area contributed by atoms with E-state index < -0.39 is 10.0 Å². The zero-order valence-electron chi connectivity index (χ0n) is 16.0. The number of rotatable bonds is 6. The van der Waals surface area contributed by atoms with Gasteiger partial charge in [0, 0.05) is 51.1 Å². The van der Waals surface area contributed by atoms with Gasteiger partial charge in [-0.25, -0.2) is 13.2 Å². The Bertz CT molecular complexity index is 874. The summed E-state index contributed by atoms with van der Waals surface area (Å²) in [5.74, 6) is -0.334. The molecule has 2 aliphatic rings. The molecule has 1 aromatic rings. The van der Waals surface area contributed by atoms with Crippen LogP contribution in [0.5, 0.6) is 0 Å². The third-order valence-corrected chi connectivity index (χ3v) is 8.27. The molecule has 3 rings (SSSR count). The first kappa shape index (κ1) is 20.7. The number of urea groups is 1. The zero-order chi connectivity index (χ0) is 20.5. The number of hydrogen-bond acceptors (Lipinski definition) is 6. The van der Waals surface area contributed by atoms with E-state index in [2.05, 4.69) is 0 Å². The summed E-state index contributed by atoms with van der Waals surface area (Å²) in [6.07, 6.45) is 0.620. The lowest BCUT2D eigenvalue weighted by atomic mass is 10.2. The van der Waals surface area contributed by atoms with E-state index in [9.17, 15) is 22.8 Å². The van der Waals surface area contributed by atoms with Crippen LogP contribution in [0.2, 0.25) is 0 Å². The fraction of sp³-hybridized carbons (Fsp3) is 0.588. The summed E-state index contributed by atoms with van der Waals surface area (Å²) in [4.78, 5) is 41.0. The number of aryl methyl sites for hydroxylation is 1. The number of hydrogen-bond donors (Lipinski definition) is 0. The maximum Gasteiger partial charge on any atom is 0.326 e. The maximum atomic E-state index is 12.6. The summed E-state index contributed by atoms with van der Waals surface area (Å²) in [7, 11) is -1.94. The second-order valence-corrected chi connectivity index (χ2v) is 10.4. The van der Waals surface area contributed by atoms with Gasteiger partial charge < -0.3 is 9.80 Å². The Labute approximate surface area is 168 Å². The van der Waals surface area contributed by atoms with Crippen LogP contribution >= 0.6 is 11.3 Å². The van der Waals surface area contributed by atoms with Gasteiger partial charge in [0.15, 0.2) is 0 Å². The molecule has 11 heteroatoms. The van der Waals surface area contributed by atoms with Gasteiger partial charge in [0.2, 0.25) is 11.8 Å². The van der Waals surface area contributed by atoms with Gasteiger partial charge in [-0.3, -0.25) is 14.5 Å². The van der Waals surface area contributed by atoms with E-state index in [1.165, 1.54) is 25.4 Å². The van der Waals surface area contributed by atoms with Crippen molar-refractivity contribution in [3.63, 3.8) is 0 Å². The van der Waals surface area contributed by atoms with Crippen molar-refractivity contribution in [2.24, 2.45) is 0 Å². The van der Waals surface area contributed by atoms with E-state index in [1.54, 1.807) is 24.1 Å². The minimum absolute atomic E-state index is 0.0764. The van der Waals surface area contributed by atoms with E-state index in [4.69, 9.17) is 0 Å². The first-order valence-corrected chi connectivity index (χ1v) is 11.4. The smallest absolute Gasteiger partial charge is 0.326 e. The van der Waals surface area contributed by atoms with Crippen molar-refractivity contribution in [1.82, 2.24) is 19.0 Å². The van der Waals surface area contributed by atoms with E-state index in [0.717, 1.165) is 4.88 Å². The summed E-state index contributed by atoms with van der Waals surface area (Å²) in [6.45, 7) is 3.37. The van der Waals surface area contributed by atoms with Gasteiger partial charge in [-0.2, -0.15) is 4.31 Å². The number of thiophene rings is 1. The standard InChI is InChI=1S/C17H24N4O5S2/c1-13-5-6-16(27-13)28(25,26)20-10-8-19(9-11-20)14(22)4-3-7-21-15(23)12-18(2)17(21)24/h5-6H,3-4,7-12H2,1-2H3. The van der Waals surface area contributed by atoms with Crippen molar-refractivity contribution < 1.29 is 22.8 Å². The van der Waals surface area contributed by atoms with Crippen LogP contribution < -0.4 is 0 Å². The third-order valence-electron chi connectivity index (χ3n) is 4.90. The number of likely N-dealkylation sites (N-methyl/N-ethyl adjacent to an activating group) is 1. The molecule has 0 unspecified atom stereocenters. The lowest BCUT2D eigenvalue weighted by molar-refractivity contribution is -0.133. The predicted molar refractivity (Wildman–Crippen MR) is 103 cm³/mol. The van der Waals surface area contributed by atoms with Crippen molar-refractivity contribution >= 4 is 39.2 Å². The minimum atomic E-state index is -3.51. The molecule has 28 heavy (non-hydrogen) atoms. The van der Waals surface area contributed by atoms with E-state index in [1.807, 2.05) is 6.92 Å². The Kier molecular flexibility index (Phi) is 6.06. The Morgan fingerprint density at radius 1 is 1.14 bits per heavy atom. The predicted octanol–water partition coefficient (Wildman–Crippen LogP) is 0.564. The zero-order valence-corrected chi connectivity index (χ0v) is 17.6.